The molecular formula is C11H11N3O3S. The van der Waals surface area contributed by atoms with Crippen molar-refractivity contribution in [3.63, 3.8) is 0 Å². The third-order valence-corrected chi connectivity index (χ3v) is 3.11. The smallest absolute Gasteiger partial charge is 0.304 e. The van der Waals surface area contributed by atoms with Gasteiger partial charge < -0.3 is 10.3 Å². The van der Waals surface area contributed by atoms with E-state index in [-0.39, 0.29) is 10.6 Å². The van der Waals surface area contributed by atoms with Crippen LogP contribution in [0.25, 0.3) is 0 Å². The van der Waals surface area contributed by atoms with E-state index in [1.54, 1.807) is 23.6 Å². The number of thiazole rings is 1. The third kappa shape index (κ3) is 3.02. The first-order chi connectivity index (χ1) is 8.66. The maximum absolute atomic E-state index is 10.9. The molecule has 94 valence electrons. The molecule has 0 radical (unpaired) electrons. The summed E-state index contributed by atoms with van der Waals surface area (Å²) >= 11 is 1.10. The molecule has 0 amide bonds. The van der Waals surface area contributed by atoms with Crippen molar-refractivity contribution in [2.24, 2.45) is 0 Å². The van der Waals surface area contributed by atoms with Crippen LogP contribution < -0.4 is 10.2 Å². The van der Waals surface area contributed by atoms with Crippen molar-refractivity contribution in [2.75, 3.05) is 0 Å². The van der Waals surface area contributed by atoms with Crippen molar-refractivity contribution in [2.45, 2.75) is 13.1 Å². The second kappa shape index (κ2) is 5.56. The molecule has 0 saturated carbocycles. The molecule has 0 spiro atoms. The van der Waals surface area contributed by atoms with Crippen LogP contribution in [-0.4, -0.2) is 9.91 Å². The van der Waals surface area contributed by atoms with Crippen molar-refractivity contribution >= 4 is 17.0 Å². The van der Waals surface area contributed by atoms with Crippen LogP contribution in [0.4, 0.5) is 5.69 Å². The van der Waals surface area contributed by atoms with E-state index in [9.17, 15) is 14.9 Å². The monoisotopic (exact) mass is 265 g/mol. The Bertz CT molecular complexity index is 605. The lowest BCUT2D eigenvalue weighted by Gasteiger charge is -2.04. The minimum absolute atomic E-state index is 0.0995. The number of nitro benzene ring substituents is 1. The maximum atomic E-state index is 10.9. The lowest BCUT2D eigenvalue weighted by Crippen LogP contribution is -2.14. The van der Waals surface area contributed by atoms with Gasteiger partial charge in [0.25, 0.3) is 5.69 Å². The molecule has 1 aromatic carbocycles. The molecule has 0 aliphatic carbocycles. The van der Waals surface area contributed by atoms with Crippen LogP contribution in [0, 0.1) is 10.1 Å². The maximum Gasteiger partial charge on any atom is 0.304 e. The Kier molecular flexibility index (Phi) is 3.85. The highest BCUT2D eigenvalue weighted by molar-refractivity contribution is 7.07. The average molecular weight is 265 g/mol. The van der Waals surface area contributed by atoms with Gasteiger partial charge in [-0.2, -0.15) is 0 Å². The molecule has 1 aromatic heterocycles. The summed E-state index contributed by atoms with van der Waals surface area (Å²) in [5, 5.41) is 15.6. The molecule has 0 bridgehead atoms. The van der Waals surface area contributed by atoms with Crippen molar-refractivity contribution in [3.05, 3.63) is 60.7 Å². The Morgan fingerprint density at radius 3 is 2.78 bits per heavy atom. The topological polar surface area (TPSA) is 88.0 Å². The summed E-state index contributed by atoms with van der Waals surface area (Å²) in [6.07, 6.45) is 0. The number of H-pyrrole nitrogens is 1. The SMILES string of the molecule is O=c1[nH]c(CNCc2ccccc2[N+](=O)[O-])cs1. The number of aromatic nitrogens is 1. The zero-order valence-electron chi connectivity index (χ0n) is 9.38. The molecule has 0 unspecified atom stereocenters. The van der Waals surface area contributed by atoms with E-state index in [0.717, 1.165) is 17.0 Å². The number of benzene rings is 1. The zero-order chi connectivity index (χ0) is 13.0. The quantitative estimate of drug-likeness (QED) is 0.635. The second-order valence-electron chi connectivity index (χ2n) is 3.66. The van der Waals surface area contributed by atoms with Gasteiger partial charge in [-0.15, -0.1) is 0 Å². The van der Waals surface area contributed by atoms with Gasteiger partial charge >= 0.3 is 4.87 Å². The minimum Gasteiger partial charge on any atom is -0.315 e. The molecule has 18 heavy (non-hydrogen) atoms. The molecule has 7 heteroatoms. The van der Waals surface area contributed by atoms with Crippen LogP contribution in [0.1, 0.15) is 11.3 Å². The average Bonchev–Trinajstić information content (AvgIpc) is 2.75. The molecule has 2 aromatic rings. The van der Waals surface area contributed by atoms with E-state index >= 15 is 0 Å². The third-order valence-electron chi connectivity index (χ3n) is 2.39. The lowest BCUT2D eigenvalue weighted by atomic mass is 10.2. The summed E-state index contributed by atoms with van der Waals surface area (Å²) < 4.78 is 0. The Morgan fingerprint density at radius 2 is 2.11 bits per heavy atom. The van der Waals surface area contributed by atoms with Crippen molar-refractivity contribution in [1.82, 2.24) is 10.3 Å². The summed E-state index contributed by atoms with van der Waals surface area (Å²) in [7, 11) is 0. The predicted molar refractivity (Wildman–Crippen MR) is 68.6 cm³/mol. The summed E-state index contributed by atoms with van der Waals surface area (Å²) in [6, 6.07) is 6.58. The van der Waals surface area contributed by atoms with Gasteiger partial charge in [-0.25, -0.2) is 0 Å². The van der Waals surface area contributed by atoms with Gasteiger partial charge in [-0.05, 0) is 0 Å². The van der Waals surface area contributed by atoms with Crippen LogP contribution >= 0.6 is 11.3 Å². The van der Waals surface area contributed by atoms with E-state index in [4.69, 9.17) is 0 Å². The van der Waals surface area contributed by atoms with E-state index in [1.165, 1.54) is 6.07 Å². The minimum atomic E-state index is -0.399. The van der Waals surface area contributed by atoms with E-state index in [0.29, 0.717) is 18.7 Å². The summed E-state index contributed by atoms with van der Waals surface area (Å²) in [5.74, 6) is 0. The number of nitro groups is 1. The zero-order valence-corrected chi connectivity index (χ0v) is 10.2. The second-order valence-corrected chi connectivity index (χ2v) is 4.50. The fourth-order valence-corrected chi connectivity index (χ4v) is 2.15. The molecular weight excluding hydrogens is 254 g/mol. The molecule has 2 rings (SSSR count). The van der Waals surface area contributed by atoms with Crippen molar-refractivity contribution in [1.29, 1.82) is 0 Å². The summed E-state index contributed by atoms with van der Waals surface area (Å²) in [4.78, 5) is 23.9. The van der Waals surface area contributed by atoms with Gasteiger partial charge in [0.15, 0.2) is 0 Å². The molecule has 0 aliphatic rings. The number of nitrogens with zero attached hydrogens (tertiary/aromatic N) is 1. The first-order valence-corrected chi connectivity index (χ1v) is 6.14. The number of para-hydroxylation sites is 1. The number of rotatable bonds is 5. The highest BCUT2D eigenvalue weighted by atomic mass is 32.1. The van der Waals surface area contributed by atoms with Gasteiger partial charge in [0.2, 0.25) is 0 Å². The number of nitrogens with one attached hydrogen (secondary N) is 2. The Balaban J connectivity index is 1.98. The number of aromatic amines is 1. The number of hydrogen-bond acceptors (Lipinski definition) is 5. The fraction of sp³-hybridized carbons (Fsp3) is 0.182. The van der Waals surface area contributed by atoms with Gasteiger partial charge in [-0.1, -0.05) is 29.5 Å². The predicted octanol–water partition coefficient (Wildman–Crippen LogP) is 1.63. The van der Waals surface area contributed by atoms with Crippen LogP contribution in [0.5, 0.6) is 0 Å². The molecule has 1 heterocycles. The van der Waals surface area contributed by atoms with E-state index in [1.807, 2.05) is 0 Å². The highest BCUT2D eigenvalue weighted by Gasteiger charge is 2.11. The van der Waals surface area contributed by atoms with E-state index in [2.05, 4.69) is 10.3 Å². The number of hydrogen-bond donors (Lipinski definition) is 2. The molecule has 6 nitrogen and oxygen atoms in total. The molecule has 2 N–H and O–H groups in total. The molecule has 0 fully saturated rings. The van der Waals surface area contributed by atoms with Gasteiger partial charge in [0.05, 0.1) is 4.92 Å². The van der Waals surface area contributed by atoms with Crippen LogP contribution in [0.2, 0.25) is 0 Å². The van der Waals surface area contributed by atoms with Crippen LogP contribution in [0.3, 0.4) is 0 Å². The van der Waals surface area contributed by atoms with Gasteiger partial charge in [0.1, 0.15) is 0 Å². The first kappa shape index (κ1) is 12.5. The highest BCUT2D eigenvalue weighted by Crippen LogP contribution is 2.17. The normalized spacial score (nSPS) is 10.4. The largest absolute Gasteiger partial charge is 0.315 e. The van der Waals surface area contributed by atoms with Gasteiger partial charge in [0, 0.05) is 35.8 Å². The van der Waals surface area contributed by atoms with E-state index < -0.39 is 4.92 Å². The molecule has 0 aliphatic heterocycles. The standard InChI is InChI=1S/C11H11N3O3S/c15-11-13-9(7-18-11)6-12-5-8-3-1-2-4-10(8)14(16)17/h1-4,7,12H,5-6H2,(H,13,15). The Morgan fingerprint density at radius 1 is 1.33 bits per heavy atom. The van der Waals surface area contributed by atoms with Crippen molar-refractivity contribution in [3.8, 4) is 0 Å². The van der Waals surface area contributed by atoms with Crippen molar-refractivity contribution < 1.29 is 4.92 Å². The lowest BCUT2D eigenvalue weighted by molar-refractivity contribution is -0.385. The van der Waals surface area contributed by atoms with Crippen LogP contribution in [-0.2, 0) is 13.1 Å². The molecule has 0 atom stereocenters. The molecule has 0 saturated heterocycles. The Labute approximate surface area is 106 Å². The fourth-order valence-electron chi connectivity index (χ4n) is 1.57. The van der Waals surface area contributed by atoms with Gasteiger partial charge in [-0.3, -0.25) is 14.9 Å². The van der Waals surface area contributed by atoms with Crippen LogP contribution in [0.15, 0.2) is 34.4 Å². The summed E-state index contributed by atoms with van der Waals surface area (Å²) in [6.45, 7) is 0.861. The Hall–Kier alpha value is -1.99. The first-order valence-electron chi connectivity index (χ1n) is 5.26. The summed E-state index contributed by atoms with van der Waals surface area (Å²) in [5.41, 5.74) is 1.51.